The molecule has 0 aliphatic carbocycles. The van der Waals surface area contributed by atoms with Crippen molar-refractivity contribution >= 4 is 15.2 Å². The molecule has 3 aromatic carbocycles. The molecule has 8 nitrogen and oxygen atoms in total. The first-order valence-electron chi connectivity index (χ1n) is 8.72. The Morgan fingerprint density at radius 3 is 1.20 bits per heavy atom. The van der Waals surface area contributed by atoms with Crippen LogP contribution in [-0.2, 0) is 9.13 Å². The minimum atomic E-state index is -3.58. The van der Waals surface area contributed by atoms with Crippen LogP contribution in [0.25, 0.3) is 0 Å². The van der Waals surface area contributed by atoms with Crippen LogP contribution in [-0.4, -0.2) is 23.5 Å². The van der Waals surface area contributed by atoms with E-state index in [1.54, 1.807) is 18.2 Å². The van der Waals surface area contributed by atoms with Gasteiger partial charge in [0.15, 0.2) is 0 Å². The van der Waals surface area contributed by atoms with Gasteiger partial charge in [-0.25, -0.2) is 9.13 Å². The molecule has 10 heteroatoms. The van der Waals surface area contributed by atoms with Crippen molar-refractivity contribution < 1.29 is 37.4 Å². The number of hydrogen-bond donors (Lipinski definition) is 2. The third kappa shape index (κ3) is 6.48. The third-order valence-corrected chi connectivity index (χ3v) is 5.70. The maximum Gasteiger partial charge on any atom is 0.427 e. The summed E-state index contributed by atoms with van der Waals surface area (Å²) in [6, 6.07) is 17.7. The molecule has 0 spiro atoms. The molecule has 0 aliphatic heterocycles. The van der Waals surface area contributed by atoms with Gasteiger partial charge in [0.2, 0.25) is 0 Å². The molecule has 2 N–H and O–H groups in total. The molecule has 0 heterocycles. The number of rotatable bonds is 8. The van der Waals surface area contributed by atoms with Crippen LogP contribution in [0.2, 0.25) is 0 Å². The van der Waals surface area contributed by atoms with Crippen LogP contribution >= 0.6 is 15.2 Å². The van der Waals surface area contributed by atoms with Crippen molar-refractivity contribution in [1.29, 1.82) is 0 Å². The second-order valence-corrected chi connectivity index (χ2v) is 10.2. The zero-order chi connectivity index (χ0) is 21.8. The van der Waals surface area contributed by atoms with Crippen LogP contribution < -0.4 is 18.1 Å². The van der Waals surface area contributed by atoms with E-state index in [-0.39, 0.29) is 34.5 Å². The number of phenols is 2. The monoisotopic (exact) mass is 450 g/mol. The van der Waals surface area contributed by atoms with E-state index in [0.717, 1.165) is 0 Å². The first kappa shape index (κ1) is 21.6. The summed E-state index contributed by atoms with van der Waals surface area (Å²) in [4.78, 5) is 0. The van der Waals surface area contributed by atoms with Gasteiger partial charge >= 0.3 is 15.2 Å². The smallest absolute Gasteiger partial charge is 0.427 e. The molecule has 0 fully saturated rings. The lowest BCUT2D eigenvalue weighted by atomic mass is 10.3. The van der Waals surface area contributed by atoms with Crippen LogP contribution in [0.4, 0.5) is 0 Å². The first-order valence-corrected chi connectivity index (χ1v) is 12.7. The first-order chi connectivity index (χ1) is 14.1. The Kier molecular flexibility index (Phi) is 6.30. The van der Waals surface area contributed by atoms with E-state index in [9.17, 15) is 19.3 Å². The highest BCUT2D eigenvalue weighted by Gasteiger charge is 2.23. The number of benzene rings is 3. The largest absolute Gasteiger partial charge is 0.508 e. The fourth-order valence-electron chi connectivity index (χ4n) is 2.47. The van der Waals surface area contributed by atoms with E-state index in [4.69, 9.17) is 18.1 Å². The zero-order valence-electron chi connectivity index (χ0n) is 16.2. The Labute approximate surface area is 173 Å². The lowest BCUT2D eigenvalue weighted by Crippen LogP contribution is -2.01. The van der Waals surface area contributed by atoms with Gasteiger partial charge in [-0.1, -0.05) is 18.2 Å². The molecular weight excluding hydrogens is 430 g/mol. The van der Waals surface area contributed by atoms with Gasteiger partial charge in [-0.2, -0.15) is 0 Å². The lowest BCUT2D eigenvalue weighted by Gasteiger charge is -2.18. The summed E-state index contributed by atoms with van der Waals surface area (Å²) in [6.45, 7) is 2.56. The van der Waals surface area contributed by atoms with Crippen LogP contribution in [0, 0.1) is 0 Å². The van der Waals surface area contributed by atoms with Crippen molar-refractivity contribution in [2.24, 2.45) is 0 Å². The van der Waals surface area contributed by atoms with Crippen LogP contribution in [0.5, 0.6) is 34.5 Å². The Hall–Kier alpha value is -3.08. The SMILES string of the molecule is CP(=O)(Oc1cccc(O)c1)Oc1cccc(OP(C)(=O)Oc2cccc(O)c2)c1. The maximum absolute atomic E-state index is 12.7. The summed E-state index contributed by atoms with van der Waals surface area (Å²) in [5.41, 5.74) is 0. The summed E-state index contributed by atoms with van der Waals surface area (Å²) in [5, 5.41) is 19.0. The average Bonchev–Trinajstić information content (AvgIpc) is 2.60. The minimum Gasteiger partial charge on any atom is -0.508 e. The lowest BCUT2D eigenvalue weighted by molar-refractivity contribution is 0.386. The predicted octanol–water partition coefficient (Wildman–Crippen LogP) is 5.66. The molecule has 0 amide bonds. The molecule has 2 atom stereocenters. The minimum absolute atomic E-state index is 0.0340. The third-order valence-electron chi connectivity index (χ3n) is 3.53. The fraction of sp³-hybridized carbons (Fsp3) is 0.100. The molecule has 0 saturated heterocycles. The van der Waals surface area contributed by atoms with Crippen molar-refractivity contribution in [3.05, 3.63) is 72.8 Å². The molecule has 0 bridgehead atoms. The van der Waals surface area contributed by atoms with Gasteiger partial charge in [0.25, 0.3) is 0 Å². The second kappa shape index (κ2) is 8.74. The summed E-state index contributed by atoms with van der Waals surface area (Å²) in [5.74, 6) is 0.630. The Morgan fingerprint density at radius 2 is 0.867 bits per heavy atom. The number of aromatic hydroxyl groups is 2. The van der Waals surface area contributed by atoms with Crippen molar-refractivity contribution in [2.45, 2.75) is 0 Å². The topological polar surface area (TPSA) is 112 Å². The number of hydrogen-bond acceptors (Lipinski definition) is 8. The van der Waals surface area contributed by atoms with Crippen molar-refractivity contribution in [1.82, 2.24) is 0 Å². The molecule has 0 saturated carbocycles. The Bertz CT molecular complexity index is 1050. The second-order valence-electron chi connectivity index (χ2n) is 6.38. The highest BCUT2D eigenvalue weighted by molar-refractivity contribution is 7.54. The van der Waals surface area contributed by atoms with Gasteiger partial charge in [-0.15, -0.1) is 0 Å². The van der Waals surface area contributed by atoms with Gasteiger partial charge in [0, 0.05) is 18.2 Å². The highest BCUT2D eigenvalue weighted by Crippen LogP contribution is 2.48. The predicted molar refractivity (Wildman–Crippen MR) is 112 cm³/mol. The van der Waals surface area contributed by atoms with Gasteiger partial charge in [0.1, 0.15) is 34.5 Å². The molecule has 30 heavy (non-hydrogen) atoms. The van der Waals surface area contributed by atoms with Gasteiger partial charge in [0.05, 0.1) is 13.3 Å². The van der Waals surface area contributed by atoms with E-state index >= 15 is 0 Å². The standard InChI is InChI=1S/C20H20O8P2/c1-29(23,25-17-8-3-6-15(21)12-17)27-19-10-5-11-20(14-19)28-30(2,24)26-18-9-4-7-16(22)13-18/h3-14,21-22H,1-2H3. The van der Waals surface area contributed by atoms with Gasteiger partial charge in [-0.3, -0.25) is 0 Å². The molecule has 158 valence electrons. The number of phenolic OH excluding ortho intramolecular Hbond substituents is 2. The van der Waals surface area contributed by atoms with Gasteiger partial charge in [-0.05, 0) is 36.4 Å². The van der Waals surface area contributed by atoms with Crippen LogP contribution in [0.1, 0.15) is 0 Å². The molecule has 0 aliphatic rings. The summed E-state index contributed by atoms with van der Waals surface area (Å²) in [6.07, 6.45) is 0. The van der Waals surface area contributed by atoms with Crippen LogP contribution in [0.3, 0.4) is 0 Å². The van der Waals surface area contributed by atoms with Crippen LogP contribution in [0.15, 0.2) is 72.8 Å². The summed E-state index contributed by atoms with van der Waals surface area (Å²) < 4.78 is 46.9. The van der Waals surface area contributed by atoms with E-state index in [1.807, 2.05) is 0 Å². The highest BCUT2D eigenvalue weighted by atomic mass is 31.2. The molecule has 0 radical (unpaired) electrons. The van der Waals surface area contributed by atoms with Crippen molar-refractivity contribution in [3.8, 4) is 34.5 Å². The summed E-state index contributed by atoms with van der Waals surface area (Å²) >= 11 is 0. The normalized spacial score (nSPS) is 14.7. The van der Waals surface area contributed by atoms with E-state index in [2.05, 4.69) is 0 Å². The molecule has 3 aromatic rings. The molecule has 2 unspecified atom stereocenters. The van der Waals surface area contributed by atoms with Gasteiger partial charge < -0.3 is 28.3 Å². The fourth-order valence-corrected chi connectivity index (χ4v) is 4.53. The molecule has 0 aromatic heterocycles. The molecular formula is C20H20O8P2. The van der Waals surface area contributed by atoms with E-state index < -0.39 is 15.2 Å². The van der Waals surface area contributed by atoms with Crippen molar-refractivity contribution in [3.63, 3.8) is 0 Å². The maximum atomic E-state index is 12.7. The average molecular weight is 450 g/mol. The zero-order valence-corrected chi connectivity index (χ0v) is 18.0. The van der Waals surface area contributed by atoms with E-state index in [1.165, 1.54) is 67.9 Å². The Balaban J connectivity index is 1.69. The van der Waals surface area contributed by atoms with Crippen molar-refractivity contribution in [2.75, 3.05) is 13.3 Å². The molecule has 3 rings (SSSR count). The van der Waals surface area contributed by atoms with E-state index in [0.29, 0.717) is 0 Å². The Morgan fingerprint density at radius 1 is 0.567 bits per heavy atom. The summed E-state index contributed by atoms with van der Waals surface area (Å²) in [7, 11) is -7.16. The quantitative estimate of drug-likeness (QED) is 0.423.